The fourth-order valence-electron chi connectivity index (χ4n) is 1.66. The van der Waals surface area contributed by atoms with E-state index in [0.29, 0.717) is 10.2 Å². The Morgan fingerprint density at radius 3 is 2.67 bits per heavy atom. The van der Waals surface area contributed by atoms with Crippen molar-refractivity contribution in [3.05, 3.63) is 56.8 Å². The Kier molecular flexibility index (Phi) is 4.74. The van der Waals surface area contributed by atoms with E-state index in [1.54, 1.807) is 6.92 Å². The van der Waals surface area contributed by atoms with Crippen molar-refractivity contribution < 1.29 is 18.8 Å². The van der Waals surface area contributed by atoms with Crippen molar-refractivity contribution in [2.24, 2.45) is 0 Å². The molecule has 0 aliphatic carbocycles. The molecule has 2 rings (SSSR count). The fraction of sp³-hybridized carbons (Fsp3) is 0.143. The van der Waals surface area contributed by atoms with Crippen LogP contribution in [-0.4, -0.2) is 11.5 Å². The third-order valence-electron chi connectivity index (χ3n) is 2.55. The van der Waals surface area contributed by atoms with Gasteiger partial charge in [0.25, 0.3) is 0 Å². The lowest BCUT2D eigenvalue weighted by atomic mass is 10.2. The van der Waals surface area contributed by atoms with Crippen molar-refractivity contribution in [3.8, 4) is 17.2 Å². The number of nitrogens with zero attached hydrogens (tertiary/aromatic N) is 1. The van der Waals surface area contributed by atoms with E-state index in [4.69, 9.17) is 9.47 Å². The largest absolute Gasteiger partial charge is 0.487 e. The van der Waals surface area contributed by atoms with Crippen LogP contribution in [0.15, 0.2) is 40.9 Å². The fourth-order valence-corrected chi connectivity index (χ4v) is 1.99. The molecule has 0 aliphatic rings. The van der Waals surface area contributed by atoms with E-state index < -0.39 is 10.7 Å². The standard InChI is InChI=1S/C14H11BrFNO4/c1-2-20-14-8-10(4-6-12(14)17(18)19)21-13-7-9(16)3-5-11(13)15/h3-8H,2H2,1H3. The van der Waals surface area contributed by atoms with Crippen molar-refractivity contribution in [3.63, 3.8) is 0 Å². The van der Waals surface area contributed by atoms with Crippen molar-refractivity contribution in [2.45, 2.75) is 6.92 Å². The van der Waals surface area contributed by atoms with Crippen LogP contribution < -0.4 is 9.47 Å². The third kappa shape index (κ3) is 3.69. The number of hydrogen-bond acceptors (Lipinski definition) is 4. The number of nitro benzene ring substituents is 1. The molecule has 0 atom stereocenters. The van der Waals surface area contributed by atoms with Crippen LogP contribution in [0, 0.1) is 15.9 Å². The van der Waals surface area contributed by atoms with Crippen molar-refractivity contribution in [2.75, 3.05) is 6.61 Å². The molecule has 0 fully saturated rings. The molecule has 7 heteroatoms. The normalized spacial score (nSPS) is 10.2. The van der Waals surface area contributed by atoms with E-state index in [9.17, 15) is 14.5 Å². The number of ether oxygens (including phenoxy) is 2. The molecule has 0 aromatic heterocycles. The van der Waals surface area contributed by atoms with Crippen LogP contribution in [0.3, 0.4) is 0 Å². The van der Waals surface area contributed by atoms with Gasteiger partial charge in [0.1, 0.15) is 17.3 Å². The van der Waals surface area contributed by atoms with Crippen LogP contribution >= 0.6 is 15.9 Å². The second-order valence-electron chi connectivity index (χ2n) is 4.00. The lowest BCUT2D eigenvalue weighted by molar-refractivity contribution is -0.385. The molecule has 0 bridgehead atoms. The molecule has 2 aromatic rings. The molecule has 0 unspecified atom stereocenters. The van der Waals surface area contributed by atoms with Gasteiger partial charge in [-0.05, 0) is 41.1 Å². The molecule has 0 N–H and O–H groups in total. The summed E-state index contributed by atoms with van der Waals surface area (Å²) < 4.78 is 24.5. The first-order valence-electron chi connectivity index (χ1n) is 6.05. The maximum absolute atomic E-state index is 13.2. The van der Waals surface area contributed by atoms with Gasteiger partial charge >= 0.3 is 5.69 Å². The van der Waals surface area contributed by atoms with Gasteiger partial charge in [-0.25, -0.2) is 4.39 Å². The number of hydrogen-bond donors (Lipinski definition) is 0. The first-order chi connectivity index (χ1) is 10.0. The van der Waals surface area contributed by atoms with E-state index in [1.807, 2.05) is 0 Å². The summed E-state index contributed by atoms with van der Waals surface area (Å²) in [5.74, 6) is 0.245. The SMILES string of the molecule is CCOc1cc(Oc2cc(F)ccc2Br)ccc1[N+](=O)[O-]. The Bertz CT molecular complexity index is 678. The minimum Gasteiger partial charge on any atom is -0.487 e. The molecule has 0 radical (unpaired) electrons. The van der Waals surface area contributed by atoms with Gasteiger partial charge in [-0.15, -0.1) is 0 Å². The average Bonchev–Trinajstić information content (AvgIpc) is 2.43. The van der Waals surface area contributed by atoms with Gasteiger partial charge in [0.15, 0.2) is 0 Å². The number of nitro groups is 1. The minimum atomic E-state index is -0.535. The highest BCUT2D eigenvalue weighted by atomic mass is 79.9. The van der Waals surface area contributed by atoms with Crippen LogP contribution in [0.1, 0.15) is 6.92 Å². The molecule has 0 saturated carbocycles. The molecule has 0 spiro atoms. The molecule has 110 valence electrons. The monoisotopic (exact) mass is 355 g/mol. The lowest BCUT2D eigenvalue weighted by Gasteiger charge is -2.10. The summed E-state index contributed by atoms with van der Waals surface area (Å²) in [6, 6.07) is 8.13. The van der Waals surface area contributed by atoms with Gasteiger partial charge in [-0.2, -0.15) is 0 Å². The van der Waals surface area contributed by atoms with Gasteiger partial charge in [0.2, 0.25) is 5.75 Å². The van der Waals surface area contributed by atoms with E-state index in [-0.39, 0.29) is 23.8 Å². The molecule has 5 nitrogen and oxygen atoms in total. The average molecular weight is 356 g/mol. The lowest BCUT2D eigenvalue weighted by Crippen LogP contribution is -1.98. The molecule has 0 aliphatic heterocycles. The summed E-state index contributed by atoms with van der Waals surface area (Å²) >= 11 is 3.24. The smallest absolute Gasteiger partial charge is 0.311 e. The quantitative estimate of drug-likeness (QED) is 0.576. The van der Waals surface area contributed by atoms with Gasteiger partial charge in [-0.3, -0.25) is 10.1 Å². The van der Waals surface area contributed by atoms with Crippen molar-refractivity contribution in [1.29, 1.82) is 0 Å². The summed E-state index contributed by atoms with van der Waals surface area (Å²) in [5.41, 5.74) is -0.150. The summed E-state index contributed by atoms with van der Waals surface area (Å²) in [5, 5.41) is 10.9. The molecular formula is C14H11BrFNO4. The van der Waals surface area contributed by atoms with Gasteiger partial charge in [0.05, 0.1) is 16.0 Å². The van der Waals surface area contributed by atoms with Gasteiger partial charge < -0.3 is 9.47 Å². The van der Waals surface area contributed by atoms with E-state index in [2.05, 4.69) is 15.9 Å². The van der Waals surface area contributed by atoms with Crippen molar-refractivity contribution >= 4 is 21.6 Å². The van der Waals surface area contributed by atoms with E-state index in [0.717, 1.165) is 0 Å². The third-order valence-corrected chi connectivity index (χ3v) is 3.20. The maximum atomic E-state index is 13.2. The van der Waals surface area contributed by atoms with Crippen LogP contribution in [0.4, 0.5) is 10.1 Å². The Hall–Kier alpha value is -2.15. The molecule has 2 aromatic carbocycles. The zero-order chi connectivity index (χ0) is 15.4. The van der Waals surface area contributed by atoms with E-state index >= 15 is 0 Å². The summed E-state index contributed by atoms with van der Waals surface area (Å²) in [7, 11) is 0. The Morgan fingerprint density at radius 1 is 1.24 bits per heavy atom. The van der Waals surface area contributed by atoms with Crippen molar-refractivity contribution in [1.82, 2.24) is 0 Å². The Morgan fingerprint density at radius 2 is 2.00 bits per heavy atom. The van der Waals surface area contributed by atoms with Gasteiger partial charge in [0, 0.05) is 18.2 Å². The second kappa shape index (κ2) is 6.53. The second-order valence-corrected chi connectivity index (χ2v) is 4.85. The summed E-state index contributed by atoms with van der Waals surface area (Å²) in [6.45, 7) is 2.01. The number of halogens is 2. The first kappa shape index (κ1) is 15.2. The predicted octanol–water partition coefficient (Wildman–Crippen LogP) is 4.69. The zero-order valence-corrected chi connectivity index (χ0v) is 12.6. The predicted molar refractivity (Wildman–Crippen MR) is 78.4 cm³/mol. The topological polar surface area (TPSA) is 61.6 Å². The number of benzene rings is 2. The summed E-state index contributed by atoms with van der Waals surface area (Å²) in [4.78, 5) is 10.4. The molecular weight excluding hydrogens is 345 g/mol. The Labute approximate surface area is 128 Å². The molecule has 0 saturated heterocycles. The highest BCUT2D eigenvalue weighted by molar-refractivity contribution is 9.10. The van der Waals surface area contributed by atoms with E-state index in [1.165, 1.54) is 36.4 Å². The summed E-state index contributed by atoms with van der Waals surface area (Å²) in [6.07, 6.45) is 0. The van der Waals surface area contributed by atoms with Gasteiger partial charge in [-0.1, -0.05) is 0 Å². The first-order valence-corrected chi connectivity index (χ1v) is 6.84. The molecule has 0 amide bonds. The van der Waals surface area contributed by atoms with Crippen LogP contribution in [0.2, 0.25) is 0 Å². The zero-order valence-electron chi connectivity index (χ0n) is 11.0. The number of rotatable bonds is 5. The molecule has 21 heavy (non-hydrogen) atoms. The highest BCUT2D eigenvalue weighted by Gasteiger charge is 2.16. The minimum absolute atomic E-state index is 0.104. The van der Waals surface area contributed by atoms with Crippen LogP contribution in [0.5, 0.6) is 17.2 Å². The van der Waals surface area contributed by atoms with Crippen LogP contribution in [-0.2, 0) is 0 Å². The van der Waals surface area contributed by atoms with Crippen LogP contribution in [0.25, 0.3) is 0 Å². The highest BCUT2D eigenvalue weighted by Crippen LogP contribution is 2.35. The Balaban J connectivity index is 2.34. The molecule has 0 heterocycles. The maximum Gasteiger partial charge on any atom is 0.311 e.